The molecule has 2 aromatic carbocycles. The van der Waals surface area contributed by atoms with Crippen LogP contribution in [0.5, 0.6) is 5.75 Å². The third kappa shape index (κ3) is 4.65. The summed E-state index contributed by atoms with van der Waals surface area (Å²) in [6, 6.07) is 16.4. The second-order valence-corrected chi connectivity index (χ2v) is 9.23. The molecule has 9 heteroatoms. The largest absolute Gasteiger partial charge is 0.497 e. The number of aromatic nitrogens is 1. The molecule has 0 aliphatic rings. The number of anilines is 1. The molecule has 0 saturated heterocycles. The number of hydrogen-bond acceptors (Lipinski definition) is 7. The number of carbonyl (C=O) groups excluding carboxylic acids is 3. The quantitative estimate of drug-likeness (QED) is 0.371. The van der Waals surface area contributed by atoms with E-state index in [2.05, 4.69) is 5.32 Å². The fourth-order valence-electron chi connectivity index (χ4n) is 3.80. The molecule has 0 aliphatic heterocycles. The van der Waals surface area contributed by atoms with E-state index < -0.39 is 11.9 Å². The van der Waals surface area contributed by atoms with Gasteiger partial charge in [0.05, 0.1) is 41.4 Å². The predicted molar refractivity (Wildman–Crippen MR) is 140 cm³/mol. The summed E-state index contributed by atoms with van der Waals surface area (Å²) in [5, 5.41) is 3.75. The number of pyridine rings is 1. The number of nitrogens with zero attached hydrogens (tertiary/aromatic N) is 2. The lowest BCUT2D eigenvalue weighted by atomic mass is 10.0. The zero-order valence-electron chi connectivity index (χ0n) is 20.5. The number of fused-ring (bicyclic) bond motifs is 1. The van der Waals surface area contributed by atoms with Gasteiger partial charge in [0.2, 0.25) is 0 Å². The molecule has 0 atom stereocenters. The number of thiophene rings is 1. The van der Waals surface area contributed by atoms with Crippen molar-refractivity contribution in [1.29, 1.82) is 0 Å². The minimum absolute atomic E-state index is 0.162. The number of benzene rings is 2. The molecule has 1 N–H and O–H groups in total. The Labute approximate surface area is 212 Å². The number of esters is 1. The molecule has 36 heavy (non-hydrogen) atoms. The number of ether oxygens (including phenoxy) is 2. The van der Waals surface area contributed by atoms with Crippen molar-refractivity contribution in [2.75, 3.05) is 33.6 Å². The Morgan fingerprint density at radius 2 is 1.69 bits per heavy atom. The molecule has 2 aromatic heterocycles. The Bertz CT molecular complexity index is 1480. The first-order chi connectivity index (χ1) is 17.2. The second kappa shape index (κ2) is 10.2. The van der Waals surface area contributed by atoms with Gasteiger partial charge in [-0.05, 0) is 48.9 Å². The van der Waals surface area contributed by atoms with Gasteiger partial charge in [0, 0.05) is 25.0 Å². The summed E-state index contributed by atoms with van der Waals surface area (Å²) in [6.45, 7) is 1.67. The van der Waals surface area contributed by atoms with Crippen molar-refractivity contribution < 1.29 is 23.9 Å². The van der Waals surface area contributed by atoms with E-state index in [1.807, 2.05) is 48.5 Å². The van der Waals surface area contributed by atoms with Gasteiger partial charge in [-0.2, -0.15) is 0 Å². The van der Waals surface area contributed by atoms with Gasteiger partial charge in [0.15, 0.2) is 0 Å². The molecule has 0 spiro atoms. The van der Waals surface area contributed by atoms with E-state index in [1.165, 1.54) is 12.0 Å². The van der Waals surface area contributed by atoms with E-state index in [1.54, 1.807) is 34.2 Å². The summed E-state index contributed by atoms with van der Waals surface area (Å²) in [5.74, 6) is -0.614. The maximum atomic E-state index is 13.6. The number of nitrogens with one attached hydrogen (secondary N) is 1. The van der Waals surface area contributed by atoms with Crippen LogP contribution in [0.25, 0.3) is 22.2 Å². The molecule has 0 fully saturated rings. The van der Waals surface area contributed by atoms with Crippen LogP contribution >= 0.6 is 11.3 Å². The van der Waals surface area contributed by atoms with Crippen molar-refractivity contribution in [3.05, 3.63) is 76.2 Å². The summed E-state index contributed by atoms with van der Waals surface area (Å²) >= 11 is 1.05. The highest BCUT2D eigenvalue weighted by Crippen LogP contribution is 2.35. The molecule has 0 unspecified atom stereocenters. The third-order valence-electron chi connectivity index (χ3n) is 5.71. The molecule has 4 aromatic rings. The standard InChI is InChI=1S/C27H25N3O5S/c1-15-22(27(33)35-5)25(36-23(15)26(32)30(2)3)29-24(31)19-14-21(16-10-12-17(34-4)13-11-16)28-20-9-7-6-8-18(19)20/h6-14H,1-5H3,(H,29,31). The van der Waals surface area contributed by atoms with E-state index in [0.717, 1.165) is 16.9 Å². The van der Waals surface area contributed by atoms with Gasteiger partial charge >= 0.3 is 5.97 Å². The van der Waals surface area contributed by atoms with E-state index >= 15 is 0 Å². The van der Waals surface area contributed by atoms with Gasteiger partial charge in [-0.25, -0.2) is 9.78 Å². The molecule has 4 rings (SSSR count). The average Bonchev–Trinajstić information content (AvgIpc) is 3.22. The van der Waals surface area contributed by atoms with Crippen LogP contribution in [-0.4, -0.2) is 56.0 Å². The first-order valence-electron chi connectivity index (χ1n) is 11.0. The third-order valence-corrected chi connectivity index (χ3v) is 6.91. The minimum Gasteiger partial charge on any atom is -0.497 e. The van der Waals surface area contributed by atoms with Gasteiger partial charge < -0.3 is 19.7 Å². The fraction of sp³-hybridized carbons (Fsp3) is 0.185. The van der Waals surface area contributed by atoms with Crippen LogP contribution in [0.4, 0.5) is 5.00 Å². The summed E-state index contributed by atoms with van der Waals surface area (Å²) in [4.78, 5) is 45.3. The summed E-state index contributed by atoms with van der Waals surface area (Å²) in [7, 11) is 6.11. The topological polar surface area (TPSA) is 97.8 Å². The zero-order valence-corrected chi connectivity index (χ0v) is 21.4. The van der Waals surface area contributed by atoms with Gasteiger partial charge in [-0.3, -0.25) is 9.59 Å². The summed E-state index contributed by atoms with van der Waals surface area (Å²) in [6.07, 6.45) is 0. The lowest BCUT2D eigenvalue weighted by Crippen LogP contribution is -2.21. The van der Waals surface area contributed by atoms with Crippen LogP contribution in [0, 0.1) is 6.92 Å². The van der Waals surface area contributed by atoms with E-state index in [0.29, 0.717) is 38.4 Å². The molecule has 8 nitrogen and oxygen atoms in total. The summed E-state index contributed by atoms with van der Waals surface area (Å²) < 4.78 is 10.2. The summed E-state index contributed by atoms with van der Waals surface area (Å²) in [5.41, 5.74) is 3.08. The molecule has 0 aliphatic carbocycles. The molecule has 0 bridgehead atoms. The van der Waals surface area contributed by atoms with Crippen molar-refractivity contribution in [3.8, 4) is 17.0 Å². The molecule has 0 saturated carbocycles. The van der Waals surface area contributed by atoms with Crippen molar-refractivity contribution in [3.63, 3.8) is 0 Å². The first-order valence-corrected chi connectivity index (χ1v) is 11.9. The van der Waals surface area contributed by atoms with E-state index in [4.69, 9.17) is 14.5 Å². The van der Waals surface area contributed by atoms with Crippen molar-refractivity contribution in [2.45, 2.75) is 6.92 Å². The van der Waals surface area contributed by atoms with Gasteiger partial charge in [0.1, 0.15) is 10.8 Å². The molecular formula is C27H25N3O5S. The molecule has 2 amide bonds. The Kier molecular flexibility index (Phi) is 7.03. The van der Waals surface area contributed by atoms with Crippen LogP contribution < -0.4 is 10.1 Å². The van der Waals surface area contributed by atoms with Crippen LogP contribution in [0.1, 0.15) is 36.0 Å². The Hall–Kier alpha value is -4.24. The average molecular weight is 504 g/mol. The maximum Gasteiger partial charge on any atom is 0.341 e. The zero-order chi connectivity index (χ0) is 26.0. The number of hydrogen-bond donors (Lipinski definition) is 1. The molecular weight excluding hydrogens is 478 g/mol. The normalized spacial score (nSPS) is 10.7. The van der Waals surface area contributed by atoms with Gasteiger partial charge in [-0.15, -0.1) is 11.3 Å². The lowest BCUT2D eigenvalue weighted by Gasteiger charge is -2.11. The minimum atomic E-state index is -0.629. The molecule has 184 valence electrons. The van der Waals surface area contributed by atoms with Crippen molar-refractivity contribution >= 4 is 45.0 Å². The highest BCUT2D eigenvalue weighted by Gasteiger charge is 2.27. The van der Waals surface area contributed by atoms with Crippen LogP contribution in [0.2, 0.25) is 0 Å². The second-order valence-electron chi connectivity index (χ2n) is 8.21. The van der Waals surface area contributed by atoms with Crippen LogP contribution in [0.15, 0.2) is 54.6 Å². The van der Waals surface area contributed by atoms with Crippen LogP contribution in [0.3, 0.4) is 0 Å². The Morgan fingerprint density at radius 3 is 2.33 bits per heavy atom. The highest BCUT2D eigenvalue weighted by atomic mass is 32.1. The molecule has 0 radical (unpaired) electrons. The monoisotopic (exact) mass is 503 g/mol. The Balaban J connectivity index is 1.80. The highest BCUT2D eigenvalue weighted by molar-refractivity contribution is 7.18. The Morgan fingerprint density at radius 1 is 1.00 bits per heavy atom. The first kappa shape index (κ1) is 24.9. The molecule has 2 heterocycles. The van der Waals surface area contributed by atoms with E-state index in [-0.39, 0.29) is 16.5 Å². The van der Waals surface area contributed by atoms with Gasteiger partial charge in [-0.1, -0.05) is 18.2 Å². The fourth-order valence-corrected chi connectivity index (χ4v) is 5.01. The van der Waals surface area contributed by atoms with Crippen molar-refractivity contribution in [1.82, 2.24) is 9.88 Å². The smallest absolute Gasteiger partial charge is 0.341 e. The van der Waals surface area contributed by atoms with Crippen molar-refractivity contribution in [2.24, 2.45) is 0 Å². The van der Waals surface area contributed by atoms with E-state index in [9.17, 15) is 14.4 Å². The number of amides is 2. The SMILES string of the molecule is COC(=O)c1c(NC(=O)c2cc(-c3ccc(OC)cc3)nc3ccccc23)sc(C(=O)N(C)C)c1C. The van der Waals surface area contributed by atoms with Crippen LogP contribution in [-0.2, 0) is 4.74 Å². The number of para-hydroxylation sites is 1. The maximum absolute atomic E-state index is 13.6. The van der Waals surface area contributed by atoms with Gasteiger partial charge in [0.25, 0.3) is 11.8 Å². The number of methoxy groups -OCH3 is 2. The predicted octanol–water partition coefficient (Wildman–Crippen LogP) is 5.02. The number of rotatable bonds is 6. The number of carbonyl (C=O) groups is 3. The lowest BCUT2D eigenvalue weighted by molar-refractivity contribution is 0.0601.